The van der Waals surface area contributed by atoms with Gasteiger partial charge in [0.15, 0.2) is 0 Å². The smallest absolute Gasteiger partial charge is 0.214 e. The molecule has 0 bridgehead atoms. The fraction of sp³-hybridized carbons (Fsp3) is 0.250. The molecule has 2 aromatic carbocycles. The van der Waals surface area contributed by atoms with Crippen LogP contribution in [0, 0.1) is 18.3 Å². The number of nitrogens with zero attached hydrogens (tertiary/aromatic N) is 1. The van der Waals surface area contributed by atoms with Crippen molar-refractivity contribution in [3.05, 3.63) is 112 Å². The average molecular weight is 480 g/mol. The number of allylic oxidation sites excluding steroid dienone is 3. The first-order chi connectivity index (χ1) is 17.3. The van der Waals surface area contributed by atoms with Crippen molar-refractivity contribution >= 4 is 28.9 Å². The van der Waals surface area contributed by atoms with Gasteiger partial charge < -0.3 is 5.73 Å². The SMILES string of the molecule is C=C(C)/C=C/c1ccc(/C(=C(\c2cnc(C)cc2CC)C2CCC2)c2ccc(N)c(C(=N)F)c2)cc1. The summed E-state index contributed by atoms with van der Waals surface area (Å²) in [6, 6.07) is 16.0. The zero-order chi connectivity index (χ0) is 25.8. The number of aromatic nitrogens is 1. The Morgan fingerprint density at radius 3 is 2.39 bits per heavy atom. The fourth-order valence-corrected chi connectivity index (χ4v) is 4.79. The largest absolute Gasteiger partial charge is 0.398 e. The zero-order valence-electron chi connectivity index (χ0n) is 21.4. The number of halogens is 1. The Bertz CT molecular complexity index is 1360. The predicted molar refractivity (Wildman–Crippen MR) is 151 cm³/mol. The molecule has 1 saturated carbocycles. The van der Waals surface area contributed by atoms with Crippen molar-refractivity contribution in [3.63, 3.8) is 0 Å². The summed E-state index contributed by atoms with van der Waals surface area (Å²) >= 11 is 0. The second-order valence-corrected chi connectivity index (χ2v) is 9.67. The van der Waals surface area contributed by atoms with E-state index in [9.17, 15) is 4.39 Å². The van der Waals surface area contributed by atoms with E-state index in [1.54, 1.807) is 12.1 Å². The summed E-state index contributed by atoms with van der Waals surface area (Å²) in [6.07, 6.45) is 10.3. The van der Waals surface area contributed by atoms with Gasteiger partial charge in [0.1, 0.15) is 0 Å². The molecule has 0 amide bonds. The van der Waals surface area contributed by atoms with Crippen LogP contribution in [0.5, 0.6) is 0 Å². The van der Waals surface area contributed by atoms with Crippen LogP contribution in [0.3, 0.4) is 0 Å². The highest BCUT2D eigenvalue weighted by molar-refractivity contribution is 6.03. The standard InChI is InChI=1S/C32H34FN3/c1-5-23-17-21(4)36-19-28(23)31(24-7-6-8-24)30(26-15-16-29(34)27(18-26)32(33)35)25-13-11-22(12-14-25)10-9-20(2)3/h9-19,24,35H,2,5-8,34H2,1,3-4H3/b10-9+,31-30+,35-32?. The lowest BCUT2D eigenvalue weighted by atomic mass is 9.72. The molecule has 184 valence electrons. The number of aryl methyl sites for hydroxylation is 2. The number of anilines is 1. The normalized spacial score (nSPS) is 14.4. The molecule has 0 atom stereocenters. The maximum atomic E-state index is 14.1. The number of pyridine rings is 1. The monoisotopic (exact) mass is 479 g/mol. The third-order valence-corrected chi connectivity index (χ3v) is 6.92. The lowest BCUT2D eigenvalue weighted by molar-refractivity contribution is 0.401. The molecular formula is C32H34FN3. The summed E-state index contributed by atoms with van der Waals surface area (Å²) in [7, 11) is 0. The molecule has 3 aromatic rings. The van der Waals surface area contributed by atoms with Crippen molar-refractivity contribution in [2.75, 3.05) is 5.73 Å². The Kier molecular flexibility index (Phi) is 7.64. The molecule has 4 rings (SSSR count). The van der Waals surface area contributed by atoms with Crippen molar-refractivity contribution in [1.29, 1.82) is 5.41 Å². The molecular weight excluding hydrogens is 445 g/mol. The van der Waals surface area contributed by atoms with E-state index in [0.29, 0.717) is 5.92 Å². The summed E-state index contributed by atoms with van der Waals surface area (Å²) < 4.78 is 14.1. The summed E-state index contributed by atoms with van der Waals surface area (Å²) in [4.78, 5) is 4.67. The first kappa shape index (κ1) is 25.3. The molecule has 0 unspecified atom stereocenters. The van der Waals surface area contributed by atoms with E-state index in [-0.39, 0.29) is 11.3 Å². The second-order valence-electron chi connectivity index (χ2n) is 9.67. The molecule has 0 spiro atoms. The number of rotatable bonds is 8. The van der Waals surface area contributed by atoms with Gasteiger partial charge in [-0.05, 0) is 90.6 Å². The molecule has 1 fully saturated rings. The van der Waals surface area contributed by atoms with Crippen molar-refractivity contribution < 1.29 is 4.39 Å². The molecule has 1 aromatic heterocycles. The van der Waals surface area contributed by atoms with Crippen LogP contribution in [0.2, 0.25) is 0 Å². The van der Waals surface area contributed by atoms with Crippen LogP contribution >= 0.6 is 0 Å². The third kappa shape index (κ3) is 5.38. The molecule has 36 heavy (non-hydrogen) atoms. The molecule has 0 aliphatic heterocycles. The number of nitrogen functional groups attached to an aromatic ring is 1. The van der Waals surface area contributed by atoms with Gasteiger partial charge in [-0.15, -0.1) is 0 Å². The Morgan fingerprint density at radius 2 is 1.81 bits per heavy atom. The van der Waals surface area contributed by atoms with Gasteiger partial charge in [0.05, 0.1) is 5.56 Å². The Labute approximate surface area is 213 Å². The van der Waals surface area contributed by atoms with Gasteiger partial charge in [0.25, 0.3) is 0 Å². The van der Waals surface area contributed by atoms with Gasteiger partial charge in [-0.25, -0.2) is 0 Å². The highest BCUT2D eigenvalue weighted by atomic mass is 19.1. The summed E-state index contributed by atoms with van der Waals surface area (Å²) in [5.74, 6) is -0.631. The van der Waals surface area contributed by atoms with E-state index >= 15 is 0 Å². The van der Waals surface area contributed by atoms with E-state index in [1.807, 2.05) is 38.3 Å². The molecule has 0 saturated heterocycles. The molecule has 3 N–H and O–H groups in total. The maximum Gasteiger partial charge on any atom is 0.214 e. The van der Waals surface area contributed by atoms with E-state index < -0.39 is 5.97 Å². The number of hydrogen-bond donors (Lipinski definition) is 2. The van der Waals surface area contributed by atoms with Crippen LogP contribution in [-0.2, 0) is 6.42 Å². The molecule has 1 heterocycles. The fourth-order valence-electron chi connectivity index (χ4n) is 4.79. The number of benzene rings is 2. The number of hydrogen-bond acceptors (Lipinski definition) is 3. The zero-order valence-corrected chi connectivity index (χ0v) is 21.4. The van der Waals surface area contributed by atoms with Crippen LogP contribution in [0.1, 0.15) is 72.2 Å². The molecule has 1 aliphatic carbocycles. The average Bonchev–Trinajstić information content (AvgIpc) is 2.82. The minimum absolute atomic E-state index is 0.122. The van der Waals surface area contributed by atoms with Crippen LogP contribution in [0.4, 0.5) is 10.1 Å². The maximum absolute atomic E-state index is 14.1. The van der Waals surface area contributed by atoms with Gasteiger partial charge in [0, 0.05) is 23.1 Å². The van der Waals surface area contributed by atoms with E-state index in [4.69, 9.17) is 11.1 Å². The van der Waals surface area contributed by atoms with Crippen LogP contribution in [0.25, 0.3) is 17.2 Å². The second kappa shape index (κ2) is 10.9. The van der Waals surface area contributed by atoms with Gasteiger partial charge in [0.2, 0.25) is 5.97 Å². The van der Waals surface area contributed by atoms with Gasteiger partial charge in [-0.3, -0.25) is 10.4 Å². The number of nitrogens with one attached hydrogen (secondary N) is 1. The highest BCUT2D eigenvalue weighted by Crippen LogP contribution is 2.46. The molecule has 3 nitrogen and oxygen atoms in total. The molecule has 0 radical (unpaired) electrons. The summed E-state index contributed by atoms with van der Waals surface area (Å²) in [5, 5.41) is 7.63. The van der Waals surface area contributed by atoms with Gasteiger partial charge >= 0.3 is 0 Å². The number of nitrogens with two attached hydrogens (primary N) is 1. The topological polar surface area (TPSA) is 62.8 Å². The lowest BCUT2D eigenvalue weighted by Gasteiger charge is -2.32. The van der Waals surface area contributed by atoms with Crippen molar-refractivity contribution in [2.24, 2.45) is 5.92 Å². The minimum Gasteiger partial charge on any atom is -0.398 e. The van der Waals surface area contributed by atoms with Crippen LogP contribution < -0.4 is 5.73 Å². The minimum atomic E-state index is -1.02. The molecule has 1 aliphatic rings. The molecule has 4 heteroatoms. The van der Waals surface area contributed by atoms with Gasteiger partial charge in [-0.2, -0.15) is 4.39 Å². The van der Waals surface area contributed by atoms with Crippen molar-refractivity contribution in [1.82, 2.24) is 4.98 Å². The first-order valence-electron chi connectivity index (χ1n) is 12.6. The van der Waals surface area contributed by atoms with Crippen molar-refractivity contribution in [2.45, 2.75) is 46.5 Å². The Balaban J connectivity index is 2.01. The van der Waals surface area contributed by atoms with Crippen molar-refractivity contribution in [3.8, 4) is 0 Å². The van der Waals surface area contributed by atoms with E-state index in [1.165, 1.54) is 17.6 Å². The third-order valence-electron chi connectivity index (χ3n) is 6.92. The Morgan fingerprint density at radius 1 is 1.11 bits per heavy atom. The Hall–Kier alpha value is -3.79. The summed E-state index contributed by atoms with van der Waals surface area (Å²) in [5.41, 5.74) is 16.1. The van der Waals surface area contributed by atoms with Gasteiger partial charge in [-0.1, -0.05) is 68.0 Å². The summed E-state index contributed by atoms with van der Waals surface area (Å²) in [6.45, 7) is 10.1. The van der Waals surface area contributed by atoms with E-state index in [0.717, 1.165) is 58.4 Å². The highest BCUT2D eigenvalue weighted by Gasteiger charge is 2.29. The van der Waals surface area contributed by atoms with Crippen LogP contribution in [-0.4, -0.2) is 10.9 Å². The lowest BCUT2D eigenvalue weighted by Crippen LogP contribution is -2.16. The van der Waals surface area contributed by atoms with E-state index in [2.05, 4.69) is 48.8 Å². The van der Waals surface area contributed by atoms with Crippen LogP contribution in [0.15, 0.2) is 73.0 Å². The first-order valence-corrected chi connectivity index (χ1v) is 12.6. The predicted octanol–water partition coefficient (Wildman–Crippen LogP) is 8.18. The quantitative estimate of drug-likeness (QED) is 0.194.